The van der Waals surface area contributed by atoms with E-state index in [2.05, 4.69) is 20.9 Å². The number of nitrogens with zero attached hydrogens (tertiary/aromatic N) is 1. The summed E-state index contributed by atoms with van der Waals surface area (Å²) in [6.07, 6.45) is 1.57. The predicted octanol–water partition coefficient (Wildman–Crippen LogP) is 3.66. The van der Waals surface area contributed by atoms with E-state index in [0.29, 0.717) is 22.6 Å². The topological polar surface area (TPSA) is 57.1 Å². The molecule has 0 fully saturated rings. The molecule has 0 bridgehead atoms. The quantitative estimate of drug-likeness (QED) is 0.580. The number of halogens is 2. The SMILES string of the molecule is O=C1OC(c2cccc(F)c2)=N/C1=C\c1cc2c(cc1Br)OCO2. The minimum absolute atomic E-state index is 0.0719. The van der Waals surface area contributed by atoms with Crippen LogP contribution in [-0.4, -0.2) is 18.7 Å². The monoisotopic (exact) mass is 389 g/mol. The number of esters is 1. The van der Waals surface area contributed by atoms with Gasteiger partial charge in [0.15, 0.2) is 17.2 Å². The van der Waals surface area contributed by atoms with Gasteiger partial charge in [0.2, 0.25) is 12.7 Å². The highest BCUT2D eigenvalue weighted by Crippen LogP contribution is 2.38. The summed E-state index contributed by atoms with van der Waals surface area (Å²) in [7, 11) is 0. The van der Waals surface area contributed by atoms with Crippen LogP contribution in [0.2, 0.25) is 0 Å². The molecule has 0 amide bonds. The second-order valence-corrected chi connectivity index (χ2v) is 5.93. The number of rotatable bonds is 2. The average molecular weight is 390 g/mol. The van der Waals surface area contributed by atoms with Crippen molar-refractivity contribution in [1.29, 1.82) is 0 Å². The summed E-state index contributed by atoms with van der Waals surface area (Å²) < 4.78 is 29.8. The van der Waals surface area contributed by atoms with Crippen LogP contribution < -0.4 is 9.47 Å². The Balaban J connectivity index is 1.71. The molecule has 0 unspecified atom stereocenters. The second-order valence-electron chi connectivity index (χ2n) is 5.07. The van der Waals surface area contributed by atoms with Gasteiger partial charge in [0, 0.05) is 10.0 Å². The molecule has 2 aliphatic rings. The van der Waals surface area contributed by atoms with Gasteiger partial charge < -0.3 is 14.2 Å². The molecule has 0 N–H and O–H groups in total. The highest BCUT2D eigenvalue weighted by atomic mass is 79.9. The zero-order valence-corrected chi connectivity index (χ0v) is 13.7. The van der Waals surface area contributed by atoms with Crippen LogP contribution >= 0.6 is 15.9 Å². The number of carbonyl (C=O) groups is 1. The molecule has 2 aliphatic heterocycles. The number of hydrogen-bond acceptors (Lipinski definition) is 5. The van der Waals surface area contributed by atoms with Gasteiger partial charge in [0.05, 0.1) is 0 Å². The maximum absolute atomic E-state index is 13.3. The van der Waals surface area contributed by atoms with Gasteiger partial charge >= 0.3 is 5.97 Å². The first-order valence-electron chi connectivity index (χ1n) is 6.98. The van der Waals surface area contributed by atoms with E-state index in [-0.39, 0.29) is 18.4 Å². The van der Waals surface area contributed by atoms with Gasteiger partial charge in [-0.25, -0.2) is 14.2 Å². The minimum Gasteiger partial charge on any atom is -0.454 e. The maximum Gasteiger partial charge on any atom is 0.363 e. The fraction of sp³-hybridized carbons (Fsp3) is 0.0588. The molecule has 7 heteroatoms. The number of carbonyl (C=O) groups excluding carboxylic acids is 1. The summed E-state index contributed by atoms with van der Waals surface area (Å²) in [5.41, 5.74) is 1.21. The van der Waals surface area contributed by atoms with Gasteiger partial charge in [-0.1, -0.05) is 22.0 Å². The Morgan fingerprint density at radius 1 is 1.17 bits per heavy atom. The van der Waals surface area contributed by atoms with Crippen molar-refractivity contribution in [3.8, 4) is 11.5 Å². The maximum atomic E-state index is 13.3. The Morgan fingerprint density at radius 3 is 2.75 bits per heavy atom. The van der Waals surface area contributed by atoms with Crippen LogP contribution in [0.15, 0.2) is 51.6 Å². The summed E-state index contributed by atoms with van der Waals surface area (Å²) in [5, 5.41) is 0. The summed E-state index contributed by atoms with van der Waals surface area (Å²) in [4.78, 5) is 16.2. The molecule has 0 aromatic heterocycles. The zero-order chi connectivity index (χ0) is 16.7. The number of aliphatic imine (C=N–C) groups is 1. The molecule has 2 heterocycles. The van der Waals surface area contributed by atoms with Crippen molar-refractivity contribution >= 4 is 33.9 Å². The first kappa shape index (κ1) is 14.9. The van der Waals surface area contributed by atoms with Crippen LogP contribution in [0.25, 0.3) is 6.08 Å². The lowest BCUT2D eigenvalue weighted by molar-refractivity contribution is -0.129. The Labute approximate surface area is 144 Å². The summed E-state index contributed by atoms with van der Waals surface area (Å²) in [6.45, 7) is 0.158. The summed E-state index contributed by atoms with van der Waals surface area (Å²) in [5.74, 6) is 0.261. The van der Waals surface area contributed by atoms with Gasteiger partial charge in [-0.3, -0.25) is 0 Å². The van der Waals surface area contributed by atoms with Crippen molar-refractivity contribution in [2.45, 2.75) is 0 Å². The lowest BCUT2D eigenvalue weighted by atomic mass is 10.1. The van der Waals surface area contributed by atoms with E-state index in [1.807, 2.05) is 0 Å². The van der Waals surface area contributed by atoms with Crippen molar-refractivity contribution in [3.63, 3.8) is 0 Å². The molecule has 0 radical (unpaired) electrons. The Hall–Kier alpha value is -2.67. The van der Waals surface area contributed by atoms with Crippen LogP contribution in [0, 0.1) is 5.82 Å². The Morgan fingerprint density at radius 2 is 1.96 bits per heavy atom. The number of benzene rings is 2. The van der Waals surface area contributed by atoms with Crippen molar-refractivity contribution in [2.75, 3.05) is 6.79 Å². The molecule has 0 saturated heterocycles. The lowest BCUT2D eigenvalue weighted by Gasteiger charge is -2.02. The highest BCUT2D eigenvalue weighted by molar-refractivity contribution is 9.10. The first-order valence-corrected chi connectivity index (χ1v) is 7.77. The van der Waals surface area contributed by atoms with E-state index in [4.69, 9.17) is 14.2 Å². The van der Waals surface area contributed by atoms with Crippen molar-refractivity contribution in [3.05, 3.63) is 63.5 Å². The van der Waals surface area contributed by atoms with E-state index < -0.39 is 11.8 Å². The molecule has 4 rings (SSSR count). The lowest BCUT2D eigenvalue weighted by Crippen LogP contribution is -2.05. The molecule has 120 valence electrons. The number of ether oxygens (including phenoxy) is 3. The number of hydrogen-bond donors (Lipinski definition) is 0. The first-order chi connectivity index (χ1) is 11.6. The van der Waals surface area contributed by atoms with Crippen molar-refractivity contribution in [1.82, 2.24) is 0 Å². The van der Waals surface area contributed by atoms with E-state index in [0.717, 1.165) is 4.47 Å². The molecule has 0 spiro atoms. The van der Waals surface area contributed by atoms with Crippen molar-refractivity contribution < 1.29 is 23.4 Å². The van der Waals surface area contributed by atoms with Crippen molar-refractivity contribution in [2.24, 2.45) is 4.99 Å². The molecule has 2 aromatic carbocycles. The van der Waals surface area contributed by atoms with Gasteiger partial charge in [-0.15, -0.1) is 0 Å². The molecular weight excluding hydrogens is 381 g/mol. The van der Waals surface area contributed by atoms with E-state index in [1.165, 1.54) is 18.2 Å². The minimum atomic E-state index is -0.598. The van der Waals surface area contributed by atoms with Gasteiger partial charge in [0.1, 0.15) is 5.82 Å². The molecule has 5 nitrogen and oxygen atoms in total. The van der Waals surface area contributed by atoms with Crippen LogP contribution in [0.5, 0.6) is 11.5 Å². The Bertz CT molecular complexity index is 923. The predicted molar refractivity (Wildman–Crippen MR) is 87.3 cm³/mol. The largest absolute Gasteiger partial charge is 0.454 e. The fourth-order valence-electron chi connectivity index (χ4n) is 2.34. The van der Waals surface area contributed by atoms with Crippen LogP contribution in [-0.2, 0) is 9.53 Å². The van der Waals surface area contributed by atoms with Crippen LogP contribution in [0.4, 0.5) is 4.39 Å². The van der Waals surface area contributed by atoms with Gasteiger partial charge in [-0.05, 0) is 42.0 Å². The molecule has 0 aliphatic carbocycles. The summed E-state index contributed by atoms with van der Waals surface area (Å²) >= 11 is 3.42. The van der Waals surface area contributed by atoms with E-state index in [1.54, 1.807) is 24.3 Å². The average Bonchev–Trinajstić information content (AvgIpc) is 3.14. The standard InChI is InChI=1S/C17H9BrFNO4/c18-12-7-15-14(22-8-23-15)6-10(12)5-13-17(21)24-16(20-13)9-2-1-3-11(19)4-9/h1-7H,8H2/b13-5-. The zero-order valence-electron chi connectivity index (χ0n) is 12.1. The molecule has 0 saturated carbocycles. The van der Waals surface area contributed by atoms with Crippen LogP contribution in [0.1, 0.15) is 11.1 Å². The van der Waals surface area contributed by atoms with E-state index >= 15 is 0 Å². The smallest absolute Gasteiger partial charge is 0.363 e. The molecule has 24 heavy (non-hydrogen) atoms. The molecule has 0 atom stereocenters. The van der Waals surface area contributed by atoms with E-state index in [9.17, 15) is 9.18 Å². The van der Waals surface area contributed by atoms with Gasteiger partial charge in [0.25, 0.3) is 0 Å². The third kappa shape index (κ3) is 2.67. The van der Waals surface area contributed by atoms with Crippen LogP contribution in [0.3, 0.4) is 0 Å². The highest BCUT2D eigenvalue weighted by Gasteiger charge is 2.25. The number of fused-ring (bicyclic) bond motifs is 1. The Kier molecular flexibility index (Phi) is 3.57. The summed E-state index contributed by atoms with van der Waals surface area (Å²) in [6, 6.07) is 9.20. The molecule has 2 aromatic rings. The third-order valence-electron chi connectivity index (χ3n) is 3.48. The fourth-order valence-corrected chi connectivity index (χ4v) is 2.78. The molecular formula is C17H9BrFNO4. The van der Waals surface area contributed by atoms with Gasteiger partial charge in [-0.2, -0.15) is 0 Å². The third-order valence-corrected chi connectivity index (χ3v) is 4.16. The number of cyclic esters (lactones) is 1. The normalized spacial score (nSPS) is 17.2. The second kappa shape index (κ2) is 5.76.